The molecule has 0 radical (unpaired) electrons. The van der Waals surface area contributed by atoms with Crippen LogP contribution >= 0.6 is 0 Å². The largest absolute Gasteiger partial charge is 0.455 e. The minimum atomic E-state index is 0.942. The number of hydrogen-bond acceptors (Lipinski definition) is 1. The van der Waals surface area contributed by atoms with Crippen molar-refractivity contribution >= 4 is 60.3 Å². The van der Waals surface area contributed by atoms with Crippen molar-refractivity contribution in [3.05, 3.63) is 163 Å². The lowest BCUT2D eigenvalue weighted by Crippen LogP contribution is -2.00. The zero-order valence-corrected chi connectivity index (χ0v) is 25.8. The number of hydrogen-bond donors (Lipinski definition) is 0. The van der Waals surface area contributed by atoms with Gasteiger partial charge in [-0.15, -0.1) is 0 Å². The quantitative estimate of drug-likeness (QED) is 0.184. The van der Waals surface area contributed by atoms with Gasteiger partial charge in [0.1, 0.15) is 11.2 Å². The monoisotopic (exact) mass is 598 g/mol. The van der Waals surface area contributed by atoms with Crippen LogP contribution in [0.15, 0.2) is 156 Å². The van der Waals surface area contributed by atoms with Gasteiger partial charge in [-0.1, -0.05) is 133 Å². The van der Waals surface area contributed by atoms with Gasteiger partial charge in [0.05, 0.1) is 0 Å². The molecule has 0 unspecified atom stereocenters. The van der Waals surface area contributed by atoms with Gasteiger partial charge in [0.2, 0.25) is 0 Å². The van der Waals surface area contributed by atoms with Crippen molar-refractivity contribution in [3.8, 4) is 33.4 Å². The van der Waals surface area contributed by atoms with Gasteiger partial charge in [0, 0.05) is 16.3 Å². The molecule has 1 aliphatic rings. The molecule has 8 aromatic carbocycles. The van der Waals surface area contributed by atoms with Crippen LogP contribution in [0.3, 0.4) is 0 Å². The SMILES string of the molecule is C1=Cc2c(c(-c3c4ccccc4c(-c4cccc(-c5ccc6ccccc6c5)c4)c4ccccc34)cc3c2oc2ccccc23)CC1. The first-order chi connectivity index (χ1) is 23.3. The predicted octanol–water partition coefficient (Wildman–Crippen LogP) is 13.0. The van der Waals surface area contributed by atoms with Gasteiger partial charge < -0.3 is 4.42 Å². The maximum atomic E-state index is 6.51. The molecule has 0 saturated heterocycles. The van der Waals surface area contributed by atoms with E-state index in [0.717, 1.165) is 24.0 Å². The Morgan fingerprint density at radius 1 is 0.447 bits per heavy atom. The second kappa shape index (κ2) is 10.3. The summed E-state index contributed by atoms with van der Waals surface area (Å²) in [5, 5.41) is 9.98. The number of rotatable bonds is 3. The summed E-state index contributed by atoms with van der Waals surface area (Å²) in [5.41, 5.74) is 12.1. The summed E-state index contributed by atoms with van der Waals surface area (Å²) in [4.78, 5) is 0. The molecule has 1 heterocycles. The zero-order chi connectivity index (χ0) is 30.9. The van der Waals surface area contributed by atoms with Crippen molar-refractivity contribution in [1.82, 2.24) is 0 Å². The fourth-order valence-corrected chi connectivity index (χ4v) is 7.97. The van der Waals surface area contributed by atoms with Crippen LogP contribution in [0, 0.1) is 0 Å². The molecule has 1 aliphatic carbocycles. The van der Waals surface area contributed by atoms with Crippen molar-refractivity contribution in [2.75, 3.05) is 0 Å². The summed E-state index contributed by atoms with van der Waals surface area (Å²) in [7, 11) is 0. The van der Waals surface area contributed by atoms with E-state index in [2.05, 4.69) is 158 Å². The molecule has 220 valence electrons. The smallest absolute Gasteiger partial charge is 0.142 e. The predicted molar refractivity (Wildman–Crippen MR) is 200 cm³/mol. The van der Waals surface area contributed by atoms with Gasteiger partial charge in [-0.3, -0.25) is 0 Å². The second-order valence-corrected chi connectivity index (χ2v) is 12.7. The lowest BCUT2D eigenvalue weighted by molar-refractivity contribution is 0.667. The summed E-state index contributed by atoms with van der Waals surface area (Å²) in [6.07, 6.45) is 6.60. The van der Waals surface area contributed by atoms with Crippen LogP contribution in [-0.2, 0) is 6.42 Å². The Hall–Kier alpha value is -5.92. The van der Waals surface area contributed by atoms with E-state index in [9.17, 15) is 0 Å². The highest BCUT2D eigenvalue weighted by Crippen LogP contribution is 2.48. The molecule has 1 aromatic heterocycles. The molecule has 47 heavy (non-hydrogen) atoms. The first-order valence-corrected chi connectivity index (χ1v) is 16.5. The minimum Gasteiger partial charge on any atom is -0.455 e. The first kappa shape index (κ1) is 26.3. The minimum absolute atomic E-state index is 0.942. The first-order valence-electron chi connectivity index (χ1n) is 16.5. The van der Waals surface area contributed by atoms with E-state index >= 15 is 0 Å². The second-order valence-electron chi connectivity index (χ2n) is 12.7. The Bertz CT molecular complexity index is 2680. The van der Waals surface area contributed by atoms with Crippen molar-refractivity contribution in [2.45, 2.75) is 12.8 Å². The van der Waals surface area contributed by atoms with Crippen LogP contribution in [0.4, 0.5) is 0 Å². The zero-order valence-electron chi connectivity index (χ0n) is 25.8. The van der Waals surface area contributed by atoms with E-state index in [-0.39, 0.29) is 0 Å². The fourth-order valence-electron chi connectivity index (χ4n) is 7.97. The number of furan rings is 1. The van der Waals surface area contributed by atoms with Gasteiger partial charge in [-0.05, 0) is 108 Å². The molecule has 0 saturated carbocycles. The Labute approximate surface area is 273 Å². The van der Waals surface area contributed by atoms with Crippen LogP contribution < -0.4 is 0 Å². The highest BCUT2D eigenvalue weighted by Gasteiger charge is 2.24. The van der Waals surface area contributed by atoms with Gasteiger partial charge in [0.25, 0.3) is 0 Å². The molecule has 0 fully saturated rings. The molecule has 0 atom stereocenters. The van der Waals surface area contributed by atoms with Crippen molar-refractivity contribution in [3.63, 3.8) is 0 Å². The molecule has 1 heteroatoms. The van der Waals surface area contributed by atoms with Crippen LogP contribution in [0.2, 0.25) is 0 Å². The standard InChI is InChI=1S/C46H30O/c1-2-13-30-26-32(25-24-29(30)12-1)31-14-11-15-33(27-31)44-36-18-4-6-20-38(36)45(39-21-7-5-19-37(39)44)41-28-42-35-17-9-10-23-43(35)47-46(42)40-22-8-3-16-34(40)41/h1-2,4-15,17-28H,3,16H2. The van der Waals surface area contributed by atoms with E-state index in [4.69, 9.17) is 4.42 Å². The summed E-state index contributed by atoms with van der Waals surface area (Å²) in [5.74, 6) is 0. The van der Waals surface area contributed by atoms with E-state index in [1.807, 2.05) is 0 Å². The fraction of sp³-hybridized carbons (Fsp3) is 0.0435. The molecule has 0 aliphatic heterocycles. The lowest BCUT2D eigenvalue weighted by Gasteiger charge is -2.22. The third kappa shape index (κ3) is 4.03. The molecule has 9 aromatic rings. The van der Waals surface area contributed by atoms with Crippen molar-refractivity contribution < 1.29 is 4.42 Å². The summed E-state index contributed by atoms with van der Waals surface area (Å²) < 4.78 is 6.51. The summed E-state index contributed by atoms with van der Waals surface area (Å²) in [6.45, 7) is 0. The summed E-state index contributed by atoms with van der Waals surface area (Å²) in [6, 6.07) is 53.3. The molecule has 10 rings (SSSR count). The van der Waals surface area contributed by atoms with Crippen molar-refractivity contribution in [2.24, 2.45) is 0 Å². The normalized spacial score (nSPS) is 12.9. The van der Waals surface area contributed by atoms with Crippen molar-refractivity contribution in [1.29, 1.82) is 0 Å². The van der Waals surface area contributed by atoms with Crippen LogP contribution in [0.5, 0.6) is 0 Å². The number of allylic oxidation sites excluding steroid dienone is 1. The van der Waals surface area contributed by atoms with Crippen LogP contribution in [0.1, 0.15) is 17.5 Å². The third-order valence-corrected chi connectivity index (χ3v) is 10.1. The Balaban J connectivity index is 1.27. The molecule has 0 bridgehead atoms. The number of para-hydroxylation sites is 1. The van der Waals surface area contributed by atoms with Gasteiger partial charge in [-0.25, -0.2) is 0 Å². The van der Waals surface area contributed by atoms with Crippen LogP contribution in [-0.4, -0.2) is 0 Å². The molecule has 1 nitrogen and oxygen atoms in total. The Morgan fingerprint density at radius 2 is 1.09 bits per heavy atom. The average Bonchev–Trinajstić information content (AvgIpc) is 3.52. The van der Waals surface area contributed by atoms with Crippen LogP contribution in [0.25, 0.3) is 93.7 Å². The number of fused-ring (bicyclic) bond motifs is 8. The molecule has 0 N–H and O–H groups in total. The molecular weight excluding hydrogens is 569 g/mol. The number of benzene rings is 8. The van der Waals surface area contributed by atoms with E-state index in [1.54, 1.807) is 0 Å². The Kier molecular flexibility index (Phi) is 5.77. The molecule has 0 amide bonds. The molecular formula is C46H30O. The maximum Gasteiger partial charge on any atom is 0.142 e. The highest BCUT2D eigenvalue weighted by molar-refractivity contribution is 6.23. The van der Waals surface area contributed by atoms with Gasteiger partial charge in [-0.2, -0.15) is 0 Å². The van der Waals surface area contributed by atoms with E-state index < -0.39 is 0 Å². The lowest BCUT2D eigenvalue weighted by atomic mass is 9.81. The maximum absolute atomic E-state index is 6.51. The summed E-state index contributed by atoms with van der Waals surface area (Å²) >= 11 is 0. The molecule has 0 spiro atoms. The van der Waals surface area contributed by atoms with Gasteiger partial charge >= 0.3 is 0 Å². The third-order valence-electron chi connectivity index (χ3n) is 10.1. The van der Waals surface area contributed by atoms with E-state index in [0.29, 0.717) is 0 Å². The van der Waals surface area contributed by atoms with E-state index in [1.165, 1.54) is 87.6 Å². The highest BCUT2D eigenvalue weighted by atomic mass is 16.3. The van der Waals surface area contributed by atoms with Gasteiger partial charge in [0.15, 0.2) is 0 Å². The Morgan fingerprint density at radius 3 is 1.87 bits per heavy atom. The topological polar surface area (TPSA) is 13.1 Å². The average molecular weight is 599 g/mol.